The molecule has 106 valence electrons. The van der Waals surface area contributed by atoms with Gasteiger partial charge in [0.05, 0.1) is 11.8 Å². The SMILES string of the molecule is CC(C)(C)Oc1nc(NCC(O)C2CC2)ccc1N. The van der Waals surface area contributed by atoms with E-state index in [2.05, 4.69) is 10.3 Å². The molecule has 4 N–H and O–H groups in total. The molecule has 1 aliphatic carbocycles. The summed E-state index contributed by atoms with van der Waals surface area (Å²) in [5.74, 6) is 1.55. The van der Waals surface area contributed by atoms with Crippen molar-refractivity contribution in [1.29, 1.82) is 0 Å². The standard InChI is InChI=1S/C14H23N3O2/c1-14(2,3)19-13-10(15)6-7-12(17-13)16-8-11(18)9-4-5-9/h6-7,9,11,18H,4-5,8,15H2,1-3H3,(H,16,17). The Labute approximate surface area is 114 Å². The van der Waals surface area contributed by atoms with E-state index in [0.29, 0.717) is 29.8 Å². The summed E-state index contributed by atoms with van der Waals surface area (Å²) in [5.41, 5.74) is 6.02. The third kappa shape index (κ3) is 4.28. The first-order chi connectivity index (χ1) is 8.85. The Kier molecular flexibility index (Phi) is 3.85. The highest BCUT2D eigenvalue weighted by molar-refractivity contribution is 5.53. The number of rotatable bonds is 5. The lowest BCUT2D eigenvalue weighted by Crippen LogP contribution is -2.25. The molecular weight excluding hydrogens is 242 g/mol. The fourth-order valence-corrected chi connectivity index (χ4v) is 1.78. The van der Waals surface area contributed by atoms with E-state index >= 15 is 0 Å². The van der Waals surface area contributed by atoms with Crippen LogP contribution >= 0.6 is 0 Å². The van der Waals surface area contributed by atoms with Gasteiger partial charge in [0.15, 0.2) is 0 Å². The van der Waals surface area contributed by atoms with Crippen LogP contribution in [0.2, 0.25) is 0 Å². The van der Waals surface area contributed by atoms with E-state index < -0.39 is 0 Å². The largest absolute Gasteiger partial charge is 0.470 e. The molecule has 1 saturated carbocycles. The molecule has 0 aromatic carbocycles. The number of nitrogen functional groups attached to an aromatic ring is 1. The van der Waals surface area contributed by atoms with E-state index in [1.54, 1.807) is 12.1 Å². The number of aromatic nitrogens is 1. The Bertz CT molecular complexity index is 439. The van der Waals surface area contributed by atoms with Gasteiger partial charge < -0.3 is 20.9 Å². The first kappa shape index (κ1) is 13.9. The van der Waals surface area contributed by atoms with E-state index in [1.165, 1.54) is 0 Å². The third-order valence-corrected chi connectivity index (χ3v) is 2.95. The average Bonchev–Trinajstić information content (AvgIpc) is 3.12. The van der Waals surface area contributed by atoms with Crippen LogP contribution in [0.25, 0.3) is 0 Å². The van der Waals surface area contributed by atoms with Crippen molar-refractivity contribution in [3.63, 3.8) is 0 Å². The quantitative estimate of drug-likeness (QED) is 0.759. The lowest BCUT2D eigenvalue weighted by molar-refractivity contribution is 0.125. The van der Waals surface area contributed by atoms with Crippen molar-refractivity contribution in [2.45, 2.75) is 45.3 Å². The Morgan fingerprint density at radius 3 is 2.74 bits per heavy atom. The summed E-state index contributed by atoms with van der Waals surface area (Å²) in [4.78, 5) is 4.34. The molecule has 5 nitrogen and oxygen atoms in total. The summed E-state index contributed by atoms with van der Waals surface area (Å²) < 4.78 is 5.70. The molecule has 19 heavy (non-hydrogen) atoms. The van der Waals surface area contributed by atoms with Crippen LogP contribution < -0.4 is 15.8 Å². The Hall–Kier alpha value is -1.49. The van der Waals surface area contributed by atoms with Crippen LogP contribution in [0.3, 0.4) is 0 Å². The van der Waals surface area contributed by atoms with Crippen molar-refractivity contribution in [2.75, 3.05) is 17.6 Å². The average molecular weight is 265 g/mol. The zero-order valence-corrected chi connectivity index (χ0v) is 11.8. The van der Waals surface area contributed by atoms with Crippen LogP contribution in [-0.4, -0.2) is 28.3 Å². The predicted molar refractivity (Wildman–Crippen MR) is 76.3 cm³/mol. The van der Waals surface area contributed by atoms with Gasteiger partial charge in [-0.15, -0.1) is 0 Å². The molecule has 0 bridgehead atoms. The molecule has 1 fully saturated rings. The van der Waals surface area contributed by atoms with Gasteiger partial charge in [-0.05, 0) is 51.7 Å². The van der Waals surface area contributed by atoms with Gasteiger partial charge in [-0.2, -0.15) is 4.98 Å². The summed E-state index contributed by atoms with van der Waals surface area (Å²) in [6, 6.07) is 3.56. The number of nitrogens with zero attached hydrogens (tertiary/aromatic N) is 1. The highest BCUT2D eigenvalue weighted by atomic mass is 16.5. The van der Waals surface area contributed by atoms with Crippen molar-refractivity contribution in [1.82, 2.24) is 4.98 Å². The first-order valence-electron chi connectivity index (χ1n) is 6.72. The summed E-state index contributed by atoms with van der Waals surface area (Å²) in [5, 5.41) is 12.9. The number of hydrogen-bond acceptors (Lipinski definition) is 5. The maximum atomic E-state index is 9.81. The first-order valence-corrected chi connectivity index (χ1v) is 6.72. The number of nitrogens with two attached hydrogens (primary N) is 1. The number of aliphatic hydroxyl groups excluding tert-OH is 1. The molecule has 0 radical (unpaired) electrons. The van der Waals surface area contributed by atoms with Crippen molar-refractivity contribution in [2.24, 2.45) is 5.92 Å². The van der Waals surface area contributed by atoms with E-state index in [0.717, 1.165) is 12.8 Å². The van der Waals surface area contributed by atoms with Gasteiger partial charge in [0.25, 0.3) is 0 Å². The Balaban J connectivity index is 1.98. The highest BCUT2D eigenvalue weighted by Gasteiger charge is 2.29. The van der Waals surface area contributed by atoms with Crippen molar-refractivity contribution >= 4 is 11.5 Å². The second-order valence-electron chi connectivity index (χ2n) is 6.09. The Morgan fingerprint density at radius 2 is 2.16 bits per heavy atom. The smallest absolute Gasteiger partial charge is 0.239 e. The molecule has 0 spiro atoms. The lowest BCUT2D eigenvalue weighted by atomic mass is 10.2. The molecule has 1 unspecified atom stereocenters. The number of pyridine rings is 1. The molecule has 0 aliphatic heterocycles. The van der Waals surface area contributed by atoms with Crippen LogP contribution in [0.4, 0.5) is 11.5 Å². The topological polar surface area (TPSA) is 80.4 Å². The van der Waals surface area contributed by atoms with E-state index in [-0.39, 0.29) is 11.7 Å². The summed E-state index contributed by atoms with van der Waals surface area (Å²) in [6.07, 6.45) is 1.94. The molecule has 1 aromatic heterocycles. The molecule has 1 heterocycles. The van der Waals surface area contributed by atoms with Crippen LogP contribution in [-0.2, 0) is 0 Å². The van der Waals surface area contributed by atoms with Crippen LogP contribution in [0.1, 0.15) is 33.6 Å². The minimum absolute atomic E-state index is 0.300. The fourth-order valence-electron chi connectivity index (χ4n) is 1.78. The van der Waals surface area contributed by atoms with E-state index in [9.17, 15) is 5.11 Å². The maximum Gasteiger partial charge on any atom is 0.239 e. The summed E-state index contributed by atoms with van der Waals surface area (Å²) in [6.45, 7) is 6.36. The van der Waals surface area contributed by atoms with Gasteiger partial charge in [-0.3, -0.25) is 0 Å². The fraction of sp³-hybridized carbons (Fsp3) is 0.643. The summed E-state index contributed by atoms with van der Waals surface area (Å²) >= 11 is 0. The second-order valence-corrected chi connectivity index (χ2v) is 6.09. The minimum atomic E-state index is -0.340. The van der Waals surface area contributed by atoms with Crippen molar-refractivity contribution < 1.29 is 9.84 Å². The summed E-state index contributed by atoms with van der Waals surface area (Å²) in [7, 11) is 0. The van der Waals surface area contributed by atoms with Gasteiger partial charge in [-0.25, -0.2) is 0 Å². The molecule has 2 rings (SSSR count). The number of aliphatic hydroxyl groups is 1. The maximum absolute atomic E-state index is 9.81. The van der Waals surface area contributed by atoms with Gasteiger partial charge in [-0.1, -0.05) is 0 Å². The highest BCUT2D eigenvalue weighted by Crippen LogP contribution is 2.32. The molecule has 0 amide bonds. The minimum Gasteiger partial charge on any atom is -0.470 e. The van der Waals surface area contributed by atoms with Gasteiger partial charge in [0, 0.05) is 6.54 Å². The van der Waals surface area contributed by atoms with E-state index in [1.807, 2.05) is 20.8 Å². The van der Waals surface area contributed by atoms with Gasteiger partial charge >= 0.3 is 0 Å². The van der Waals surface area contributed by atoms with Gasteiger partial charge in [0.2, 0.25) is 5.88 Å². The van der Waals surface area contributed by atoms with Crippen molar-refractivity contribution in [3.8, 4) is 5.88 Å². The second kappa shape index (κ2) is 5.25. The third-order valence-electron chi connectivity index (χ3n) is 2.95. The van der Waals surface area contributed by atoms with E-state index in [4.69, 9.17) is 10.5 Å². The number of anilines is 2. The lowest BCUT2D eigenvalue weighted by Gasteiger charge is -2.22. The molecule has 0 saturated heterocycles. The van der Waals surface area contributed by atoms with Crippen LogP contribution in [0, 0.1) is 5.92 Å². The number of ether oxygens (including phenoxy) is 1. The molecule has 1 atom stereocenters. The number of hydrogen-bond donors (Lipinski definition) is 3. The van der Waals surface area contributed by atoms with Gasteiger partial charge in [0.1, 0.15) is 11.4 Å². The van der Waals surface area contributed by atoms with Crippen molar-refractivity contribution in [3.05, 3.63) is 12.1 Å². The number of nitrogens with one attached hydrogen (secondary N) is 1. The monoisotopic (exact) mass is 265 g/mol. The molecular formula is C14H23N3O2. The Morgan fingerprint density at radius 1 is 1.47 bits per heavy atom. The van der Waals surface area contributed by atoms with Crippen LogP contribution in [0.5, 0.6) is 5.88 Å². The molecule has 5 heteroatoms. The molecule has 1 aliphatic rings. The zero-order chi connectivity index (χ0) is 14.0. The predicted octanol–water partition coefficient (Wildman–Crippen LogP) is 2.02. The zero-order valence-electron chi connectivity index (χ0n) is 11.8. The normalized spacial score (nSPS) is 17.1. The van der Waals surface area contributed by atoms with Crippen LogP contribution in [0.15, 0.2) is 12.1 Å². The molecule has 1 aromatic rings.